The average molecular weight is 322 g/mol. The number of rotatable bonds is 7. The Balaban J connectivity index is 2.00. The van der Waals surface area contributed by atoms with Crippen LogP contribution in [0.1, 0.15) is 11.1 Å². The fraction of sp³-hybridized carbons (Fsp3) is 0.176. The maximum atomic E-state index is 6.13. The fourth-order valence-electron chi connectivity index (χ4n) is 1.89. The van der Waals surface area contributed by atoms with Gasteiger partial charge < -0.3 is 10.1 Å². The Morgan fingerprint density at radius 1 is 1.10 bits per heavy atom. The average Bonchev–Trinajstić information content (AvgIpc) is 2.47. The van der Waals surface area contributed by atoms with E-state index in [1.54, 1.807) is 0 Å². The van der Waals surface area contributed by atoms with Crippen LogP contribution in [-0.2, 0) is 13.2 Å². The van der Waals surface area contributed by atoms with Crippen molar-refractivity contribution in [1.29, 1.82) is 0 Å². The first kappa shape index (κ1) is 15.9. The van der Waals surface area contributed by atoms with Crippen molar-refractivity contribution in [3.8, 4) is 5.75 Å². The molecule has 0 aromatic heterocycles. The molecule has 0 aliphatic heterocycles. The molecule has 0 fully saturated rings. The summed E-state index contributed by atoms with van der Waals surface area (Å²) in [6.45, 7) is 5.58. The maximum Gasteiger partial charge on any atom is 0.120 e. The van der Waals surface area contributed by atoms with E-state index in [9.17, 15) is 0 Å². The first-order valence-electron chi connectivity index (χ1n) is 6.67. The van der Waals surface area contributed by atoms with Crippen LogP contribution in [0.2, 0.25) is 10.0 Å². The van der Waals surface area contributed by atoms with Crippen LogP contribution in [0.5, 0.6) is 5.75 Å². The van der Waals surface area contributed by atoms with Gasteiger partial charge in [0.25, 0.3) is 0 Å². The van der Waals surface area contributed by atoms with Crippen molar-refractivity contribution < 1.29 is 4.74 Å². The van der Waals surface area contributed by atoms with Crippen molar-refractivity contribution >= 4 is 23.2 Å². The summed E-state index contributed by atoms with van der Waals surface area (Å²) in [5.74, 6) is 0.795. The van der Waals surface area contributed by atoms with Gasteiger partial charge in [0, 0.05) is 28.7 Å². The fourth-order valence-corrected chi connectivity index (χ4v) is 2.40. The lowest BCUT2D eigenvalue weighted by Crippen LogP contribution is -2.12. The summed E-state index contributed by atoms with van der Waals surface area (Å²) in [4.78, 5) is 0. The zero-order chi connectivity index (χ0) is 15.1. The molecule has 21 heavy (non-hydrogen) atoms. The van der Waals surface area contributed by atoms with Gasteiger partial charge >= 0.3 is 0 Å². The molecule has 0 aliphatic carbocycles. The molecular weight excluding hydrogens is 305 g/mol. The molecule has 0 unspecified atom stereocenters. The second kappa shape index (κ2) is 8.08. The van der Waals surface area contributed by atoms with E-state index in [4.69, 9.17) is 27.9 Å². The summed E-state index contributed by atoms with van der Waals surface area (Å²) in [5, 5.41) is 4.49. The third-order valence-corrected chi connectivity index (χ3v) is 3.67. The summed E-state index contributed by atoms with van der Waals surface area (Å²) in [7, 11) is 0. The molecule has 1 N–H and O–H groups in total. The largest absolute Gasteiger partial charge is 0.489 e. The van der Waals surface area contributed by atoms with Crippen molar-refractivity contribution in [3.05, 3.63) is 76.3 Å². The molecule has 4 heteroatoms. The highest BCUT2D eigenvalue weighted by Gasteiger charge is 2.06. The third kappa shape index (κ3) is 4.78. The van der Waals surface area contributed by atoms with E-state index in [1.807, 2.05) is 48.5 Å². The Bertz CT molecular complexity index is 593. The highest BCUT2D eigenvalue weighted by molar-refractivity contribution is 6.35. The molecule has 2 nitrogen and oxygen atoms in total. The summed E-state index contributed by atoms with van der Waals surface area (Å²) in [6.07, 6.45) is 1.83. The van der Waals surface area contributed by atoms with Crippen LogP contribution in [0.15, 0.2) is 55.1 Å². The van der Waals surface area contributed by atoms with Crippen molar-refractivity contribution in [3.63, 3.8) is 0 Å². The highest BCUT2D eigenvalue weighted by atomic mass is 35.5. The molecule has 2 rings (SSSR count). The van der Waals surface area contributed by atoms with E-state index in [-0.39, 0.29) is 0 Å². The molecule has 0 saturated heterocycles. The molecule has 2 aromatic carbocycles. The lowest BCUT2D eigenvalue weighted by molar-refractivity contribution is 0.306. The molecule has 0 radical (unpaired) electrons. The van der Waals surface area contributed by atoms with Crippen LogP contribution >= 0.6 is 23.2 Å². The van der Waals surface area contributed by atoms with Crippen molar-refractivity contribution in [2.75, 3.05) is 6.54 Å². The molecule has 0 atom stereocenters. The zero-order valence-electron chi connectivity index (χ0n) is 11.6. The van der Waals surface area contributed by atoms with Crippen LogP contribution in [0.3, 0.4) is 0 Å². The van der Waals surface area contributed by atoms with Crippen molar-refractivity contribution in [2.45, 2.75) is 13.2 Å². The topological polar surface area (TPSA) is 21.3 Å². The normalized spacial score (nSPS) is 10.4. The van der Waals surface area contributed by atoms with Gasteiger partial charge in [-0.15, -0.1) is 6.58 Å². The number of benzene rings is 2. The van der Waals surface area contributed by atoms with E-state index in [1.165, 1.54) is 0 Å². The lowest BCUT2D eigenvalue weighted by atomic mass is 10.2. The first-order chi connectivity index (χ1) is 10.2. The number of hydrogen-bond donors (Lipinski definition) is 1. The molecule has 0 amide bonds. The lowest BCUT2D eigenvalue weighted by Gasteiger charge is -2.10. The number of nitrogens with one attached hydrogen (secondary N) is 1. The van der Waals surface area contributed by atoms with Gasteiger partial charge in [-0.3, -0.25) is 0 Å². The molecule has 0 saturated carbocycles. The van der Waals surface area contributed by atoms with Crippen LogP contribution in [0.4, 0.5) is 0 Å². The second-order valence-corrected chi connectivity index (χ2v) is 5.37. The van der Waals surface area contributed by atoms with Crippen molar-refractivity contribution in [1.82, 2.24) is 5.32 Å². The molecule has 0 aliphatic rings. The van der Waals surface area contributed by atoms with E-state index >= 15 is 0 Å². The SMILES string of the molecule is C=CCNCc1cccc(OCc2c(Cl)cccc2Cl)c1. The number of hydrogen-bond acceptors (Lipinski definition) is 2. The quantitative estimate of drug-likeness (QED) is 0.581. The predicted octanol–water partition coefficient (Wildman–Crippen LogP) is 4.85. The Kier molecular flexibility index (Phi) is 6.12. The van der Waals surface area contributed by atoms with Gasteiger partial charge in [0.15, 0.2) is 0 Å². The molecule has 0 bridgehead atoms. The van der Waals surface area contributed by atoms with Crippen molar-refractivity contribution in [2.24, 2.45) is 0 Å². The monoisotopic (exact) mass is 321 g/mol. The minimum Gasteiger partial charge on any atom is -0.489 e. The number of ether oxygens (including phenoxy) is 1. The molecule has 110 valence electrons. The Labute approximate surface area is 135 Å². The maximum absolute atomic E-state index is 6.13. The van der Waals surface area contributed by atoms with Gasteiger partial charge in [0.1, 0.15) is 12.4 Å². The number of halogens is 2. The van der Waals surface area contributed by atoms with Gasteiger partial charge in [-0.05, 0) is 29.8 Å². The van der Waals surface area contributed by atoms with E-state index in [0.29, 0.717) is 16.7 Å². The van der Waals surface area contributed by atoms with Gasteiger partial charge in [-0.1, -0.05) is 47.5 Å². The summed E-state index contributed by atoms with van der Waals surface area (Å²) in [6, 6.07) is 13.4. The van der Waals surface area contributed by atoms with Crippen LogP contribution in [-0.4, -0.2) is 6.54 Å². The summed E-state index contributed by atoms with van der Waals surface area (Å²) >= 11 is 12.3. The van der Waals surface area contributed by atoms with E-state index in [2.05, 4.69) is 11.9 Å². The van der Waals surface area contributed by atoms with E-state index in [0.717, 1.165) is 30.0 Å². The first-order valence-corrected chi connectivity index (χ1v) is 7.42. The molecule has 2 aromatic rings. The zero-order valence-corrected chi connectivity index (χ0v) is 13.1. The second-order valence-electron chi connectivity index (χ2n) is 4.56. The summed E-state index contributed by atoms with van der Waals surface area (Å²) < 4.78 is 5.78. The third-order valence-electron chi connectivity index (χ3n) is 2.96. The minimum atomic E-state index is 0.349. The Morgan fingerprint density at radius 2 is 1.81 bits per heavy atom. The van der Waals surface area contributed by atoms with Gasteiger partial charge in [-0.2, -0.15) is 0 Å². The van der Waals surface area contributed by atoms with Gasteiger partial charge in [-0.25, -0.2) is 0 Å². The van der Waals surface area contributed by atoms with Gasteiger partial charge in [0.05, 0.1) is 0 Å². The minimum absolute atomic E-state index is 0.349. The highest BCUT2D eigenvalue weighted by Crippen LogP contribution is 2.26. The van der Waals surface area contributed by atoms with Gasteiger partial charge in [0.2, 0.25) is 0 Å². The smallest absolute Gasteiger partial charge is 0.120 e. The predicted molar refractivity (Wildman–Crippen MR) is 89.1 cm³/mol. The summed E-state index contributed by atoms with van der Waals surface area (Å²) in [5.41, 5.74) is 1.95. The van der Waals surface area contributed by atoms with Crippen LogP contribution in [0.25, 0.3) is 0 Å². The molecule has 0 spiro atoms. The van der Waals surface area contributed by atoms with E-state index < -0.39 is 0 Å². The Hall–Kier alpha value is -1.48. The molecular formula is C17H17Cl2NO. The van der Waals surface area contributed by atoms with Crippen LogP contribution < -0.4 is 10.1 Å². The molecule has 0 heterocycles. The standard InChI is InChI=1S/C17H17Cl2NO/c1-2-9-20-11-13-5-3-6-14(10-13)21-12-15-16(18)7-4-8-17(15)19/h2-8,10,20H,1,9,11-12H2. The Morgan fingerprint density at radius 3 is 2.52 bits per heavy atom. The van der Waals surface area contributed by atoms with Crippen LogP contribution in [0, 0.1) is 0 Å².